The summed E-state index contributed by atoms with van der Waals surface area (Å²) in [4.78, 5) is 10.4. The standard InChI is InChI=1S/C7H3Cl2FO2/c8-3-1-4(7(11)12)6(9)5(10)2-3/h1-2H,(H,11,12). The van der Waals surface area contributed by atoms with Crippen LogP contribution in [0.5, 0.6) is 0 Å². The summed E-state index contributed by atoms with van der Waals surface area (Å²) in [7, 11) is 0. The zero-order chi connectivity index (χ0) is 9.30. The van der Waals surface area contributed by atoms with E-state index < -0.39 is 16.8 Å². The molecule has 0 spiro atoms. The number of benzene rings is 1. The van der Waals surface area contributed by atoms with Crippen LogP contribution in [0.15, 0.2) is 12.1 Å². The summed E-state index contributed by atoms with van der Waals surface area (Å²) in [5.74, 6) is -2.14. The van der Waals surface area contributed by atoms with E-state index in [1.54, 1.807) is 0 Å². The number of hydrogen-bond acceptors (Lipinski definition) is 1. The van der Waals surface area contributed by atoms with Gasteiger partial charge in [-0.15, -0.1) is 0 Å². The van der Waals surface area contributed by atoms with Crippen molar-refractivity contribution in [2.75, 3.05) is 0 Å². The zero-order valence-corrected chi connectivity index (χ0v) is 7.16. The Kier molecular flexibility index (Phi) is 2.55. The lowest BCUT2D eigenvalue weighted by Crippen LogP contribution is -1.98. The first kappa shape index (κ1) is 9.29. The van der Waals surface area contributed by atoms with Gasteiger partial charge >= 0.3 is 5.97 Å². The van der Waals surface area contributed by atoms with E-state index in [9.17, 15) is 9.18 Å². The molecular weight excluding hydrogens is 206 g/mol. The highest BCUT2D eigenvalue weighted by Gasteiger charge is 2.13. The number of aromatic carboxylic acids is 1. The summed E-state index contributed by atoms with van der Waals surface area (Å²) >= 11 is 10.7. The van der Waals surface area contributed by atoms with Crippen LogP contribution in [0.4, 0.5) is 4.39 Å². The summed E-state index contributed by atoms with van der Waals surface area (Å²) in [6.07, 6.45) is 0. The SMILES string of the molecule is O=C(O)c1cc(Cl)cc(F)c1Cl. The molecule has 0 atom stereocenters. The minimum Gasteiger partial charge on any atom is -0.478 e. The van der Waals surface area contributed by atoms with Gasteiger partial charge in [-0.1, -0.05) is 23.2 Å². The predicted molar refractivity (Wildman–Crippen MR) is 43.4 cm³/mol. The first-order valence-corrected chi connectivity index (χ1v) is 3.66. The highest BCUT2D eigenvalue weighted by atomic mass is 35.5. The molecule has 5 heteroatoms. The maximum absolute atomic E-state index is 12.7. The Labute approximate surface area is 77.5 Å². The minimum absolute atomic E-state index is 0.00861. The molecule has 0 fully saturated rings. The van der Waals surface area contributed by atoms with Crippen molar-refractivity contribution in [1.29, 1.82) is 0 Å². The molecule has 1 rings (SSSR count). The largest absolute Gasteiger partial charge is 0.478 e. The second kappa shape index (κ2) is 3.29. The third-order valence-electron chi connectivity index (χ3n) is 1.22. The predicted octanol–water partition coefficient (Wildman–Crippen LogP) is 2.83. The molecule has 1 aromatic rings. The van der Waals surface area contributed by atoms with Crippen LogP contribution in [0, 0.1) is 5.82 Å². The van der Waals surface area contributed by atoms with Crippen LogP contribution < -0.4 is 0 Å². The highest BCUT2D eigenvalue weighted by Crippen LogP contribution is 2.24. The van der Waals surface area contributed by atoms with Crippen molar-refractivity contribution >= 4 is 29.2 Å². The van der Waals surface area contributed by atoms with E-state index >= 15 is 0 Å². The highest BCUT2D eigenvalue weighted by molar-refractivity contribution is 6.35. The van der Waals surface area contributed by atoms with E-state index in [-0.39, 0.29) is 10.6 Å². The summed E-state index contributed by atoms with van der Waals surface area (Å²) in [5.41, 5.74) is -0.332. The van der Waals surface area contributed by atoms with E-state index in [1.165, 1.54) is 0 Å². The molecule has 0 heterocycles. The Balaban J connectivity index is 3.37. The lowest BCUT2D eigenvalue weighted by molar-refractivity contribution is 0.0696. The van der Waals surface area contributed by atoms with E-state index in [0.29, 0.717) is 0 Å². The van der Waals surface area contributed by atoms with Crippen molar-refractivity contribution in [3.63, 3.8) is 0 Å². The topological polar surface area (TPSA) is 37.3 Å². The van der Waals surface area contributed by atoms with Crippen LogP contribution in [0.3, 0.4) is 0 Å². The number of carbonyl (C=O) groups is 1. The van der Waals surface area contributed by atoms with Gasteiger partial charge in [0.2, 0.25) is 0 Å². The minimum atomic E-state index is -1.30. The van der Waals surface area contributed by atoms with Gasteiger partial charge in [0.15, 0.2) is 0 Å². The van der Waals surface area contributed by atoms with Gasteiger partial charge in [-0.05, 0) is 12.1 Å². The molecule has 64 valence electrons. The number of carboxylic acid groups (broad SMARTS) is 1. The summed E-state index contributed by atoms with van der Waals surface area (Å²) in [5, 5.41) is 8.09. The van der Waals surface area contributed by atoms with Gasteiger partial charge in [-0.3, -0.25) is 0 Å². The van der Waals surface area contributed by atoms with Gasteiger partial charge in [0.05, 0.1) is 10.6 Å². The average molecular weight is 209 g/mol. The van der Waals surface area contributed by atoms with Crippen molar-refractivity contribution in [1.82, 2.24) is 0 Å². The molecule has 2 nitrogen and oxygen atoms in total. The summed E-state index contributed by atoms with van der Waals surface area (Å²) < 4.78 is 12.7. The van der Waals surface area contributed by atoms with Crippen molar-refractivity contribution < 1.29 is 14.3 Å². The smallest absolute Gasteiger partial charge is 0.337 e. The maximum atomic E-state index is 12.7. The zero-order valence-electron chi connectivity index (χ0n) is 5.64. The Bertz CT molecular complexity index is 338. The second-order valence-corrected chi connectivity index (χ2v) is 2.87. The van der Waals surface area contributed by atoms with Crippen LogP contribution in [0.1, 0.15) is 10.4 Å². The van der Waals surface area contributed by atoms with Crippen molar-refractivity contribution in [3.05, 3.63) is 33.6 Å². The molecule has 0 saturated heterocycles. The van der Waals surface area contributed by atoms with E-state index in [2.05, 4.69) is 0 Å². The Morgan fingerprint density at radius 1 is 1.42 bits per heavy atom. The fourth-order valence-electron chi connectivity index (χ4n) is 0.712. The van der Waals surface area contributed by atoms with Crippen LogP contribution in [0.25, 0.3) is 0 Å². The van der Waals surface area contributed by atoms with E-state index in [0.717, 1.165) is 12.1 Å². The van der Waals surface area contributed by atoms with E-state index in [4.69, 9.17) is 28.3 Å². The van der Waals surface area contributed by atoms with Crippen molar-refractivity contribution in [3.8, 4) is 0 Å². The molecule has 1 aromatic carbocycles. The molecule has 0 saturated carbocycles. The normalized spacial score (nSPS) is 9.92. The number of rotatable bonds is 1. The number of carboxylic acids is 1. The fraction of sp³-hybridized carbons (Fsp3) is 0. The lowest BCUT2D eigenvalue weighted by Gasteiger charge is -1.99. The first-order chi connectivity index (χ1) is 5.52. The Hall–Kier alpha value is -0.800. The van der Waals surface area contributed by atoms with Gasteiger partial charge in [0.1, 0.15) is 5.82 Å². The molecule has 0 aliphatic heterocycles. The molecule has 0 bridgehead atoms. The van der Waals surface area contributed by atoms with Gasteiger partial charge in [0, 0.05) is 5.02 Å². The average Bonchev–Trinajstić information content (AvgIpc) is 1.96. The third kappa shape index (κ3) is 1.68. The second-order valence-electron chi connectivity index (χ2n) is 2.05. The quantitative estimate of drug-likeness (QED) is 0.722. The summed E-state index contributed by atoms with van der Waals surface area (Å²) in [6.45, 7) is 0. The van der Waals surface area contributed by atoms with Crippen LogP contribution >= 0.6 is 23.2 Å². The van der Waals surface area contributed by atoms with Crippen LogP contribution in [-0.4, -0.2) is 11.1 Å². The first-order valence-electron chi connectivity index (χ1n) is 2.90. The van der Waals surface area contributed by atoms with Crippen molar-refractivity contribution in [2.45, 2.75) is 0 Å². The molecule has 0 unspecified atom stereocenters. The molecule has 12 heavy (non-hydrogen) atoms. The van der Waals surface area contributed by atoms with Gasteiger partial charge in [-0.2, -0.15) is 0 Å². The molecular formula is C7H3Cl2FO2. The third-order valence-corrected chi connectivity index (χ3v) is 1.83. The molecule has 0 amide bonds. The molecule has 0 aliphatic carbocycles. The molecule has 0 aliphatic rings. The maximum Gasteiger partial charge on any atom is 0.337 e. The van der Waals surface area contributed by atoms with Gasteiger partial charge in [0.25, 0.3) is 0 Å². The van der Waals surface area contributed by atoms with Crippen LogP contribution in [0.2, 0.25) is 10.0 Å². The van der Waals surface area contributed by atoms with E-state index in [1.807, 2.05) is 0 Å². The lowest BCUT2D eigenvalue weighted by atomic mass is 10.2. The fourth-order valence-corrected chi connectivity index (χ4v) is 1.11. The Morgan fingerprint density at radius 3 is 2.50 bits per heavy atom. The number of halogens is 3. The molecule has 0 aromatic heterocycles. The number of hydrogen-bond donors (Lipinski definition) is 1. The van der Waals surface area contributed by atoms with Crippen LogP contribution in [-0.2, 0) is 0 Å². The molecule has 1 N–H and O–H groups in total. The Morgan fingerprint density at radius 2 is 2.00 bits per heavy atom. The van der Waals surface area contributed by atoms with Gasteiger partial charge < -0.3 is 5.11 Å². The monoisotopic (exact) mass is 208 g/mol. The molecule has 0 radical (unpaired) electrons. The van der Waals surface area contributed by atoms with Gasteiger partial charge in [-0.25, -0.2) is 9.18 Å². The summed E-state index contributed by atoms with van der Waals surface area (Å²) in [6, 6.07) is 2.05. The van der Waals surface area contributed by atoms with Crippen molar-refractivity contribution in [2.24, 2.45) is 0 Å².